The molecule has 18 heavy (non-hydrogen) atoms. The number of rotatable bonds is 3. The Morgan fingerprint density at radius 2 is 1.78 bits per heavy atom. The lowest BCUT2D eigenvalue weighted by molar-refractivity contribution is 0.0997. The van der Waals surface area contributed by atoms with Crippen molar-refractivity contribution < 1.29 is 9.59 Å². The molecule has 0 aliphatic rings. The molecule has 0 aliphatic heterocycles. The Morgan fingerprint density at radius 3 is 2.22 bits per heavy atom. The van der Waals surface area contributed by atoms with Crippen LogP contribution >= 0.6 is 11.3 Å². The van der Waals surface area contributed by atoms with E-state index < -0.39 is 5.91 Å². The number of ketones is 1. The van der Waals surface area contributed by atoms with Crippen LogP contribution in [0.5, 0.6) is 0 Å². The summed E-state index contributed by atoms with van der Waals surface area (Å²) in [6.07, 6.45) is 0. The number of hydrogen-bond acceptors (Lipinski definition) is 4. The van der Waals surface area contributed by atoms with Gasteiger partial charge in [0, 0.05) is 10.4 Å². The van der Waals surface area contributed by atoms with Crippen LogP contribution in [0.15, 0.2) is 30.3 Å². The highest BCUT2D eigenvalue weighted by molar-refractivity contribution is 7.19. The Hall–Kier alpha value is -2.14. The monoisotopic (exact) mass is 260 g/mol. The van der Waals surface area contributed by atoms with E-state index in [1.54, 1.807) is 18.2 Å². The van der Waals surface area contributed by atoms with E-state index in [9.17, 15) is 9.59 Å². The number of thiophene rings is 1. The van der Waals surface area contributed by atoms with Crippen molar-refractivity contribution in [2.75, 3.05) is 5.73 Å². The molecule has 1 aromatic heterocycles. The maximum Gasteiger partial charge on any atom is 0.251 e. The van der Waals surface area contributed by atoms with Crippen molar-refractivity contribution in [3.8, 4) is 10.4 Å². The molecule has 0 saturated heterocycles. The predicted molar refractivity (Wildman–Crippen MR) is 72.7 cm³/mol. The molecule has 5 heteroatoms. The fraction of sp³-hybridized carbons (Fsp3) is 0.0769. The van der Waals surface area contributed by atoms with Crippen molar-refractivity contribution in [3.63, 3.8) is 0 Å². The van der Waals surface area contributed by atoms with E-state index in [-0.39, 0.29) is 5.78 Å². The van der Waals surface area contributed by atoms with Crippen LogP contribution in [-0.4, -0.2) is 11.7 Å². The summed E-state index contributed by atoms with van der Waals surface area (Å²) >= 11 is 1.30. The molecule has 2 rings (SSSR count). The molecule has 1 aromatic carbocycles. The van der Waals surface area contributed by atoms with E-state index >= 15 is 0 Å². The minimum absolute atomic E-state index is 0.0186. The molecule has 0 spiro atoms. The van der Waals surface area contributed by atoms with Gasteiger partial charge in [-0.1, -0.05) is 24.3 Å². The third-order valence-corrected chi connectivity index (χ3v) is 3.62. The standard InChI is InChI=1S/C13H12N2O2S/c1-7(16)8-2-4-9(5-3-8)11-6-10(12(14)17)13(15)18-11/h2-6H,15H2,1H3,(H2,14,17). The molecule has 1 heterocycles. The second-order valence-corrected chi connectivity index (χ2v) is 4.97. The van der Waals surface area contributed by atoms with Crippen LogP contribution in [0.3, 0.4) is 0 Å². The number of primary amides is 1. The third kappa shape index (κ3) is 2.26. The summed E-state index contributed by atoms with van der Waals surface area (Å²) in [5.41, 5.74) is 12.8. The zero-order valence-corrected chi connectivity index (χ0v) is 10.6. The first-order valence-electron chi connectivity index (χ1n) is 5.29. The Labute approximate surface area is 108 Å². The van der Waals surface area contributed by atoms with E-state index in [4.69, 9.17) is 11.5 Å². The van der Waals surface area contributed by atoms with Gasteiger partial charge in [0.1, 0.15) is 0 Å². The second kappa shape index (κ2) is 4.62. The second-order valence-electron chi connectivity index (χ2n) is 3.89. The van der Waals surface area contributed by atoms with Crippen LogP contribution in [0.4, 0.5) is 5.00 Å². The Bertz CT molecular complexity index is 614. The SMILES string of the molecule is CC(=O)c1ccc(-c2cc(C(N)=O)c(N)s2)cc1. The van der Waals surface area contributed by atoms with Crippen molar-refractivity contribution in [1.29, 1.82) is 0 Å². The molecule has 4 N–H and O–H groups in total. The van der Waals surface area contributed by atoms with Crippen molar-refractivity contribution in [3.05, 3.63) is 41.5 Å². The molecule has 0 saturated carbocycles. The Balaban J connectivity index is 2.40. The number of nitrogen functional groups attached to an aromatic ring is 1. The maximum absolute atomic E-state index is 11.2. The van der Waals surface area contributed by atoms with Gasteiger partial charge in [0.15, 0.2) is 5.78 Å². The minimum Gasteiger partial charge on any atom is -0.390 e. The summed E-state index contributed by atoms with van der Waals surface area (Å²) in [7, 11) is 0. The summed E-state index contributed by atoms with van der Waals surface area (Å²) in [5, 5.41) is 0.410. The molecule has 1 amide bonds. The zero-order valence-electron chi connectivity index (χ0n) is 9.77. The van der Waals surface area contributed by atoms with Gasteiger partial charge in [-0.15, -0.1) is 11.3 Å². The number of amides is 1. The quantitative estimate of drug-likeness (QED) is 0.830. The first-order valence-corrected chi connectivity index (χ1v) is 6.11. The van der Waals surface area contributed by atoms with Crippen LogP contribution < -0.4 is 11.5 Å². The van der Waals surface area contributed by atoms with Crippen LogP contribution in [0.1, 0.15) is 27.6 Å². The molecule has 0 atom stereocenters. The van der Waals surface area contributed by atoms with Gasteiger partial charge >= 0.3 is 0 Å². The van der Waals surface area contributed by atoms with Crippen LogP contribution in [-0.2, 0) is 0 Å². The van der Waals surface area contributed by atoms with E-state index in [2.05, 4.69) is 0 Å². The number of nitrogens with two attached hydrogens (primary N) is 2. The van der Waals surface area contributed by atoms with Crippen molar-refractivity contribution >= 4 is 28.0 Å². The average molecular weight is 260 g/mol. The molecule has 4 nitrogen and oxygen atoms in total. The molecular formula is C13H12N2O2S. The summed E-state index contributed by atoms with van der Waals surface area (Å²) in [5.74, 6) is -0.513. The first-order chi connectivity index (χ1) is 8.49. The highest BCUT2D eigenvalue weighted by atomic mass is 32.1. The van der Waals surface area contributed by atoms with Gasteiger partial charge in [-0.05, 0) is 18.6 Å². The van der Waals surface area contributed by atoms with Crippen molar-refractivity contribution in [2.45, 2.75) is 6.92 Å². The number of carbonyl (C=O) groups is 2. The number of Topliss-reactive ketones (excluding diaryl/α,β-unsaturated/α-hetero) is 1. The molecule has 92 valence electrons. The van der Waals surface area contributed by atoms with E-state index in [0.29, 0.717) is 16.1 Å². The van der Waals surface area contributed by atoms with E-state index in [0.717, 1.165) is 10.4 Å². The summed E-state index contributed by atoms with van der Waals surface area (Å²) in [6, 6.07) is 8.82. The predicted octanol–water partition coefficient (Wildman–Crippen LogP) is 2.30. The molecular weight excluding hydrogens is 248 g/mol. The number of anilines is 1. The first kappa shape index (κ1) is 12.3. The molecule has 0 unspecified atom stereocenters. The van der Waals surface area contributed by atoms with Gasteiger partial charge in [-0.2, -0.15) is 0 Å². The molecule has 2 aromatic rings. The fourth-order valence-corrected chi connectivity index (χ4v) is 2.55. The lowest BCUT2D eigenvalue weighted by Crippen LogP contribution is -2.11. The molecule has 0 fully saturated rings. The summed E-state index contributed by atoms with van der Waals surface area (Å²) < 4.78 is 0. The average Bonchev–Trinajstić information content (AvgIpc) is 2.71. The Kier molecular flexibility index (Phi) is 3.16. The van der Waals surface area contributed by atoms with Gasteiger partial charge in [0.25, 0.3) is 5.91 Å². The minimum atomic E-state index is -0.532. The van der Waals surface area contributed by atoms with Crippen LogP contribution in [0, 0.1) is 0 Å². The fourth-order valence-electron chi connectivity index (χ4n) is 1.61. The summed E-state index contributed by atoms with van der Waals surface area (Å²) in [6.45, 7) is 1.52. The number of carbonyl (C=O) groups excluding carboxylic acids is 2. The van der Waals surface area contributed by atoms with Gasteiger partial charge in [0.2, 0.25) is 0 Å². The summed E-state index contributed by atoms with van der Waals surface area (Å²) in [4.78, 5) is 23.1. The molecule has 0 bridgehead atoms. The van der Waals surface area contributed by atoms with Gasteiger partial charge in [0.05, 0.1) is 10.6 Å². The number of hydrogen-bond donors (Lipinski definition) is 2. The van der Waals surface area contributed by atoms with Gasteiger partial charge in [-0.25, -0.2) is 0 Å². The van der Waals surface area contributed by atoms with Crippen LogP contribution in [0.2, 0.25) is 0 Å². The highest BCUT2D eigenvalue weighted by Gasteiger charge is 2.12. The van der Waals surface area contributed by atoms with Crippen molar-refractivity contribution in [1.82, 2.24) is 0 Å². The lowest BCUT2D eigenvalue weighted by Gasteiger charge is -1.98. The topological polar surface area (TPSA) is 86.2 Å². The lowest BCUT2D eigenvalue weighted by atomic mass is 10.1. The van der Waals surface area contributed by atoms with Crippen LogP contribution in [0.25, 0.3) is 10.4 Å². The molecule has 0 aliphatic carbocycles. The van der Waals surface area contributed by atoms with Crippen molar-refractivity contribution in [2.24, 2.45) is 5.73 Å². The third-order valence-electron chi connectivity index (χ3n) is 2.60. The zero-order chi connectivity index (χ0) is 13.3. The Morgan fingerprint density at radius 1 is 1.17 bits per heavy atom. The van der Waals surface area contributed by atoms with Gasteiger partial charge < -0.3 is 11.5 Å². The van der Waals surface area contributed by atoms with E-state index in [1.165, 1.54) is 18.3 Å². The highest BCUT2D eigenvalue weighted by Crippen LogP contribution is 2.33. The largest absolute Gasteiger partial charge is 0.390 e. The maximum atomic E-state index is 11.2. The smallest absolute Gasteiger partial charge is 0.251 e. The molecule has 0 radical (unpaired) electrons. The van der Waals surface area contributed by atoms with Gasteiger partial charge in [-0.3, -0.25) is 9.59 Å². The van der Waals surface area contributed by atoms with E-state index in [1.807, 2.05) is 12.1 Å². The normalized spacial score (nSPS) is 10.3. The number of benzene rings is 1.